The molecule has 1 unspecified atom stereocenters. The van der Waals surface area contributed by atoms with Crippen LogP contribution in [0.2, 0.25) is 0 Å². The zero-order chi connectivity index (χ0) is 12.3. The highest BCUT2D eigenvalue weighted by atomic mass is 16.6. The average Bonchev–Trinajstić information content (AvgIpc) is 1.94. The summed E-state index contributed by atoms with van der Waals surface area (Å²) in [6.07, 6.45) is -0.415. The number of ether oxygens (including phenoxy) is 1. The predicted molar refractivity (Wildman–Crippen MR) is 61.7 cm³/mol. The Kier molecular flexibility index (Phi) is 4.59. The maximum atomic E-state index is 11.3. The zero-order valence-corrected chi connectivity index (χ0v) is 10.7. The van der Waals surface area contributed by atoms with Gasteiger partial charge in [-0.3, -0.25) is 0 Å². The normalized spacial score (nSPS) is 14.6. The van der Waals surface area contributed by atoms with Gasteiger partial charge >= 0.3 is 6.09 Å². The molecule has 0 bridgehead atoms. The molecule has 0 saturated carbocycles. The van der Waals surface area contributed by atoms with Gasteiger partial charge in [0.05, 0.1) is 0 Å². The van der Waals surface area contributed by atoms with Crippen LogP contribution in [0.1, 0.15) is 41.5 Å². The molecule has 15 heavy (non-hydrogen) atoms. The second-order valence-electron chi connectivity index (χ2n) is 5.86. The van der Waals surface area contributed by atoms with E-state index in [2.05, 4.69) is 5.32 Å². The quantitative estimate of drug-likeness (QED) is 0.740. The number of nitrogens with one attached hydrogen (secondary N) is 1. The minimum Gasteiger partial charge on any atom is -0.444 e. The molecule has 0 spiro atoms. The summed E-state index contributed by atoms with van der Waals surface area (Å²) in [5.74, 6) is 0. The Bertz CT molecular complexity index is 214. The van der Waals surface area contributed by atoms with E-state index in [4.69, 9.17) is 10.5 Å². The van der Waals surface area contributed by atoms with Gasteiger partial charge in [-0.25, -0.2) is 4.79 Å². The number of carbonyl (C=O) groups is 1. The van der Waals surface area contributed by atoms with Crippen LogP contribution in [0.25, 0.3) is 0 Å². The Balaban J connectivity index is 3.92. The monoisotopic (exact) mass is 216 g/mol. The standard InChI is InChI=1S/C11H24N2O2/c1-10(2,3)8(12)7-13-9(14)15-11(4,5)6/h8H,7,12H2,1-6H3,(H,13,14). The molecule has 90 valence electrons. The van der Waals surface area contributed by atoms with Crippen molar-refractivity contribution in [3.63, 3.8) is 0 Å². The summed E-state index contributed by atoms with van der Waals surface area (Å²) < 4.78 is 5.10. The third kappa shape index (κ3) is 7.19. The van der Waals surface area contributed by atoms with Crippen LogP contribution in [0.15, 0.2) is 0 Å². The van der Waals surface area contributed by atoms with E-state index in [9.17, 15) is 4.79 Å². The van der Waals surface area contributed by atoms with Crippen LogP contribution in [0.4, 0.5) is 4.79 Å². The lowest BCUT2D eigenvalue weighted by Gasteiger charge is -2.27. The number of carbonyl (C=O) groups excluding carboxylic acids is 1. The molecule has 0 aliphatic carbocycles. The van der Waals surface area contributed by atoms with Gasteiger partial charge in [0, 0.05) is 12.6 Å². The SMILES string of the molecule is CC(C)(C)OC(=O)NCC(N)C(C)(C)C. The molecule has 4 nitrogen and oxygen atoms in total. The van der Waals surface area contributed by atoms with E-state index in [0.29, 0.717) is 6.54 Å². The Morgan fingerprint density at radius 1 is 1.27 bits per heavy atom. The molecule has 0 aliphatic heterocycles. The molecule has 0 aromatic heterocycles. The molecule has 0 saturated heterocycles. The van der Waals surface area contributed by atoms with Crippen molar-refractivity contribution in [2.45, 2.75) is 53.2 Å². The highest BCUT2D eigenvalue weighted by molar-refractivity contribution is 5.67. The first-order valence-electron chi connectivity index (χ1n) is 5.25. The van der Waals surface area contributed by atoms with Crippen molar-refractivity contribution in [3.05, 3.63) is 0 Å². The van der Waals surface area contributed by atoms with Crippen molar-refractivity contribution in [2.75, 3.05) is 6.54 Å². The lowest BCUT2D eigenvalue weighted by atomic mass is 9.87. The molecule has 0 aromatic carbocycles. The van der Waals surface area contributed by atoms with E-state index in [1.54, 1.807) is 0 Å². The number of amides is 1. The second kappa shape index (κ2) is 4.84. The van der Waals surface area contributed by atoms with Crippen LogP contribution in [-0.2, 0) is 4.74 Å². The third-order valence-corrected chi connectivity index (χ3v) is 1.98. The Labute approximate surface area is 92.6 Å². The smallest absolute Gasteiger partial charge is 0.407 e. The Morgan fingerprint density at radius 2 is 1.73 bits per heavy atom. The second-order valence-corrected chi connectivity index (χ2v) is 5.86. The molecular weight excluding hydrogens is 192 g/mol. The van der Waals surface area contributed by atoms with E-state index >= 15 is 0 Å². The summed E-state index contributed by atoms with van der Waals surface area (Å²) in [6, 6.07) is -0.0787. The van der Waals surface area contributed by atoms with Gasteiger partial charge in [-0.1, -0.05) is 20.8 Å². The van der Waals surface area contributed by atoms with Crippen molar-refractivity contribution >= 4 is 6.09 Å². The fourth-order valence-corrected chi connectivity index (χ4v) is 0.814. The summed E-state index contributed by atoms with van der Waals surface area (Å²) >= 11 is 0. The van der Waals surface area contributed by atoms with Crippen LogP contribution in [0.5, 0.6) is 0 Å². The van der Waals surface area contributed by atoms with Crippen molar-refractivity contribution in [2.24, 2.45) is 11.1 Å². The van der Waals surface area contributed by atoms with E-state index in [1.807, 2.05) is 41.5 Å². The van der Waals surface area contributed by atoms with Crippen LogP contribution in [-0.4, -0.2) is 24.3 Å². The molecule has 1 atom stereocenters. The van der Waals surface area contributed by atoms with Crippen molar-refractivity contribution in [1.82, 2.24) is 5.32 Å². The van der Waals surface area contributed by atoms with Gasteiger partial charge in [0.25, 0.3) is 0 Å². The first-order valence-corrected chi connectivity index (χ1v) is 5.25. The lowest BCUT2D eigenvalue weighted by molar-refractivity contribution is 0.0518. The molecular formula is C11H24N2O2. The highest BCUT2D eigenvalue weighted by Crippen LogP contribution is 2.16. The maximum Gasteiger partial charge on any atom is 0.407 e. The average molecular weight is 216 g/mol. The van der Waals surface area contributed by atoms with E-state index in [-0.39, 0.29) is 11.5 Å². The molecule has 4 heteroatoms. The third-order valence-electron chi connectivity index (χ3n) is 1.98. The summed E-state index contributed by atoms with van der Waals surface area (Å²) in [4.78, 5) is 11.3. The van der Waals surface area contributed by atoms with Gasteiger partial charge in [-0.15, -0.1) is 0 Å². The molecule has 3 N–H and O–H groups in total. The number of alkyl carbamates (subject to hydrolysis) is 1. The summed E-state index contributed by atoms with van der Waals surface area (Å²) in [7, 11) is 0. The van der Waals surface area contributed by atoms with E-state index < -0.39 is 11.7 Å². The predicted octanol–water partition coefficient (Wildman–Crippen LogP) is 1.88. The molecule has 1 amide bonds. The maximum absolute atomic E-state index is 11.3. The molecule has 0 aliphatic rings. The summed E-state index contributed by atoms with van der Waals surface area (Å²) in [5.41, 5.74) is 5.41. The molecule has 0 aromatic rings. The minimum absolute atomic E-state index is 0.0188. The van der Waals surface area contributed by atoms with Gasteiger partial charge in [-0.05, 0) is 26.2 Å². The molecule has 0 radical (unpaired) electrons. The number of nitrogens with two attached hydrogens (primary N) is 1. The van der Waals surface area contributed by atoms with Crippen LogP contribution in [0.3, 0.4) is 0 Å². The molecule has 0 heterocycles. The fraction of sp³-hybridized carbons (Fsp3) is 0.909. The number of rotatable bonds is 2. The fourth-order valence-electron chi connectivity index (χ4n) is 0.814. The largest absolute Gasteiger partial charge is 0.444 e. The summed E-state index contributed by atoms with van der Waals surface area (Å²) in [6.45, 7) is 12.0. The number of hydrogen-bond donors (Lipinski definition) is 2. The van der Waals surface area contributed by atoms with Gasteiger partial charge in [-0.2, -0.15) is 0 Å². The molecule has 0 rings (SSSR count). The first-order chi connectivity index (χ1) is 6.52. The van der Waals surface area contributed by atoms with Gasteiger partial charge in [0.2, 0.25) is 0 Å². The summed E-state index contributed by atoms with van der Waals surface area (Å²) in [5, 5.41) is 2.66. The van der Waals surface area contributed by atoms with E-state index in [1.165, 1.54) is 0 Å². The van der Waals surface area contributed by atoms with Crippen molar-refractivity contribution in [3.8, 4) is 0 Å². The number of hydrogen-bond acceptors (Lipinski definition) is 3. The van der Waals surface area contributed by atoms with Gasteiger partial charge in [0.1, 0.15) is 5.60 Å². The Morgan fingerprint density at radius 3 is 2.07 bits per heavy atom. The van der Waals surface area contributed by atoms with E-state index in [0.717, 1.165) is 0 Å². The van der Waals surface area contributed by atoms with Gasteiger partial charge < -0.3 is 15.8 Å². The molecule has 0 fully saturated rings. The highest BCUT2D eigenvalue weighted by Gasteiger charge is 2.22. The first kappa shape index (κ1) is 14.2. The lowest BCUT2D eigenvalue weighted by Crippen LogP contribution is -2.46. The van der Waals surface area contributed by atoms with Gasteiger partial charge in [0.15, 0.2) is 0 Å². The van der Waals surface area contributed by atoms with Crippen LogP contribution >= 0.6 is 0 Å². The van der Waals surface area contributed by atoms with Crippen LogP contribution in [0, 0.1) is 5.41 Å². The zero-order valence-electron chi connectivity index (χ0n) is 10.7. The Hall–Kier alpha value is -0.770. The van der Waals surface area contributed by atoms with Crippen LogP contribution < -0.4 is 11.1 Å². The minimum atomic E-state index is -0.462. The van der Waals surface area contributed by atoms with Crippen molar-refractivity contribution < 1.29 is 9.53 Å². The topological polar surface area (TPSA) is 64.3 Å². The van der Waals surface area contributed by atoms with Crippen molar-refractivity contribution in [1.29, 1.82) is 0 Å².